The van der Waals surface area contributed by atoms with E-state index in [2.05, 4.69) is 0 Å². The number of furan rings is 1. The van der Waals surface area contributed by atoms with E-state index in [9.17, 15) is 4.79 Å². The minimum atomic E-state index is -1.39. The molecule has 1 aromatic heterocycles. The van der Waals surface area contributed by atoms with Gasteiger partial charge in [0.25, 0.3) is 0 Å². The van der Waals surface area contributed by atoms with Gasteiger partial charge in [0.05, 0.1) is 0 Å². The highest BCUT2D eigenvalue weighted by Crippen LogP contribution is 2.22. The summed E-state index contributed by atoms with van der Waals surface area (Å²) in [4.78, 5) is 10.4. The fourth-order valence-corrected chi connectivity index (χ4v) is 1.38. The molecule has 0 aliphatic heterocycles. The Morgan fingerprint density at radius 3 is 2.41 bits per heavy atom. The number of aliphatic hydroxyl groups excluding tert-OH is 1. The van der Waals surface area contributed by atoms with Crippen molar-refractivity contribution in [3.8, 4) is 11.3 Å². The first kappa shape index (κ1) is 11.0. The Labute approximate surface area is 97.4 Å². The smallest absolute Gasteiger partial charge is 0.371 e. The number of hydrogen-bond acceptors (Lipinski definition) is 3. The summed E-state index contributed by atoms with van der Waals surface area (Å²) >= 11 is 0. The zero-order valence-electron chi connectivity index (χ0n) is 8.83. The molecule has 1 heterocycles. The lowest BCUT2D eigenvalue weighted by atomic mass is 10.2. The van der Waals surface area contributed by atoms with E-state index in [0.717, 1.165) is 11.6 Å². The van der Waals surface area contributed by atoms with Crippen LogP contribution in [0, 0.1) is 0 Å². The third-order valence-corrected chi connectivity index (χ3v) is 2.18. The van der Waals surface area contributed by atoms with Crippen LogP contribution in [-0.2, 0) is 4.79 Å². The molecule has 0 aliphatic rings. The highest BCUT2D eigenvalue weighted by Gasteiger charge is 2.07. The van der Waals surface area contributed by atoms with Crippen LogP contribution in [0.3, 0.4) is 0 Å². The minimum absolute atomic E-state index is 0.295. The second-order valence-corrected chi connectivity index (χ2v) is 3.40. The summed E-state index contributed by atoms with van der Waals surface area (Å²) in [7, 11) is 0. The van der Waals surface area contributed by atoms with Gasteiger partial charge in [-0.15, -0.1) is 0 Å². The van der Waals surface area contributed by atoms with Gasteiger partial charge in [-0.05, 0) is 12.1 Å². The third kappa shape index (κ3) is 2.55. The summed E-state index contributed by atoms with van der Waals surface area (Å²) in [6.07, 6.45) is 1.06. The third-order valence-electron chi connectivity index (χ3n) is 2.18. The van der Waals surface area contributed by atoms with Gasteiger partial charge in [0.2, 0.25) is 5.76 Å². The van der Waals surface area contributed by atoms with Crippen molar-refractivity contribution in [1.29, 1.82) is 0 Å². The predicted molar refractivity (Wildman–Crippen MR) is 62.4 cm³/mol. The Hall–Kier alpha value is -2.49. The Bertz CT molecular complexity index is 552. The van der Waals surface area contributed by atoms with Crippen LogP contribution in [0.5, 0.6) is 0 Å². The molecule has 86 valence electrons. The van der Waals surface area contributed by atoms with E-state index in [4.69, 9.17) is 14.6 Å². The van der Waals surface area contributed by atoms with Gasteiger partial charge in [-0.2, -0.15) is 0 Å². The molecule has 0 aliphatic carbocycles. The molecule has 0 saturated carbocycles. The summed E-state index contributed by atoms with van der Waals surface area (Å²) in [6.45, 7) is 0. The van der Waals surface area contributed by atoms with E-state index in [0.29, 0.717) is 11.5 Å². The first-order valence-electron chi connectivity index (χ1n) is 4.96. The summed E-state index contributed by atoms with van der Waals surface area (Å²) < 4.78 is 5.39. The molecule has 0 fully saturated rings. The van der Waals surface area contributed by atoms with E-state index < -0.39 is 11.7 Å². The van der Waals surface area contributed by atoms with E-state index in [1.165, 1.54) is 0 Å². The largest absolute Gasteiger partial charge is 0.502 e. The molecule has 0 saturated heterocycles. The van der Waals surface area contributed by atoms with E-state index in [-0.39, 0.29) is 0 Å². The summed E-state index contributed by atoms with van der Waals surface area (Å²) in [5, 5.41) is 17.6. The van der Waals surface area contributed by atoms with Gasteiger partial charge in [0, 0.05) is 11.6 Å². The molecular formula is C13H10O4. The maximum absolute atomic E-state index is 10.4. The molecule has 0 bridgehead atoms. The van der Waals surface area contributed by atoms with Gasteiger partial charge >= 0.3 is 5.97 Å². The number of rotatable bonds is 3. The summed E-state index contributed by atoms with van der Waals surface area (Å²) in [6, 6.07) is 12.7. The van der Waals surface area contributed by atoms with Gasteiger partial charge in [-0.3, -0.25) is 0 Å². The number of aliphatic carboxylic acids is 1. The van der Waals surface area contributed by atoms with Crippen LogP contribution in [0.15, 0.2) is 52.6 Å². The molecule has 0 spiro atoms. The van der Waals surface area contributed by atoms with Crippen molar-refractivity contribution in [3.63, 3.8) is 0 Å². The standard InChI is InChI=1S/C13H10O4/c14-11(13(15)16)8-10-6-7-12(17-10)9-4-2-1-3-5-9/h1-8,14H,(H,15,16)/b11-8-. The lowest BCUT2D eigenvalue weighted by Crippen LogP contribution is -1.97. The summed E-state index contributed by atoms with van der Waals surface area (Å²) in [5.74, 6) is -1.22. The van der Waals surface area contributed by atoms with Gasteiger partial charge < -0.3 is 14.6 Å². The van der Waals surface area contributed by atoms with E-state index in [1.807, 2.05) is 30.3 Å². The molecule has 0 amide bonds. The number of hydrogen-bond donors (Lipinski definition) is 2. The maximum atomic E-state index is 10.4. The van der Waals surface area contributed by atoms with Crippen molar-refractivity contribution in [2.24, 2.45) is 0 Å². The fraction of sp³-hybridized carbons (Fsp3) is 0. The first-order valence-corrected chi connectivity index (χ1v) is 4.96. The van der Waals surface area contributed by atoms with Crippen LogP contribution in [0.1, 0.15) is 5.76 Å². The monoisotopic (exact) mass is 230 g/mol. The highest BCUT2D eigenvalue weighted by molar-refractivity contribution is 5.88. The van der Waals surface area contributed by atoms with Crippen molar-refractivity contribution in [1.82, 2.24) is 0 Å². The average molecular weight is 230 g/mol. The van der Waals surface area contributed by atoms with Crippen LogP contribution in [0.2, 0.25) is 0 Å². The predicted octanol–water partition coefficient (Wildman–Crippen LogP) is 2.93. The zero-order valence-corrected chi connectivity index (χ0v) is 8.83. The number of carbonyl (C=O) groups is 1. The SMILES string of the molecule is O=C(O)/C(O)=C/c1ccc(-c2ccccc2)o1. The van der Waals surface area contributed by atoms with E-state index in [1.54, 1.807) is 12.1 Å². The lowest BCUT2D eigenvalue weighted by Gasteiger charge is -1.95. The van der Waals surface area contributed by atoms with Crippen molar-refractivity contribution in [2.45, 2.75) is 0 Å². The van der Waals surface area contributed by atoms with Gasteiger partial charge in [-0.25, -0.2) is 4.79 Å². The Morgan fingerprint density at radius 2 is 1.76 bits per heavy atom. The molecular weight excluding hydrogens is 220 g/mol. The number of benzene rings is 1. The number of carboxylic acids is 1. The molecule has 1 aromatic carbocycles. The van der Waals surface area contributed by atoms with Crippen LogP contribution >= 0.6 is 0 Å². The van der Waals surface area contributed by atoms with Crippen molar-refractivity contribution in [3.05, 3.63) is 54.0 Å². The molecule has 17 heavy (non-hydrogen) atoms. The second kappa shape index (κ2) is 4.57. The van der Waals surface area contributed by atoms with Gasteiger partial charge in [0.15, 0.2) is 0 Å². The molecule has 2 N–H and O–H groups in total. The van der Waals surface area contributed by atoms with E-state index >= 15 is 0 Å². The molecule has 4 nitrogen and oxygen atoms in total. The second-order valence-electron chi connectivity index (χ2n) is 3.40. The fourth-order valence-electron chi connectivity index (χ4n) is 1.38. The van der Waals surface area contributed by atoms with Crippen LogP contribution in [0.25, 0.3) is 17.4 Å². The van der Waals surface area contributed by atoms with Crippen molar-refractivity contribution < 1.29 is 19.4 Å². The highest BCUT2D eigenvalue weighted by atomic mass is 16.4. The number of carboxylic acid groups (broad SMARTS) is 1. The Kier molecular flexibility index (Phi) is 2.96. The molecule has 0 radical (unpaired) electrons. The maximum Gasteiger partial charge on any atom is 0.371 e. The van der Waals surface area contributed by atoms with Crippen molar-refractivity contribution >= 4 is 12.0 Å². The zero-order chi connectivity index (χ0) is 12.3. The first-order chi connectivity index (χ1) is 8.16. The Morgan fingerprint density at radius 1 is 1.06 bits per heavy atom. The molecule has 2 aromatic rings. The van der Waals surface area contributed by atoms with Gasteiger partial charge in [-0.1, -0.05) is 30.3 Å². The lowest BCUT2D eigenvalue weighted by molar-refractivity contribution is -0.135. The van der Waals surface area contributed by atoms with Crippen LogP contribution in [0.4, 0.5) is 0 Å². The van der Waals surface area contributed by atoms with Crippen molar-refractivity contribution in [2.75, 3.05) is 0 Å². The quantitative estimate of drug-likeness (QED) is 0.628. The van der Waals surface area contributed by atoms with Crippen LogP contribution in [-0.4, -0.2) is 16.2 Å². The molecule has 0 atom stereocenters. The van der Waals surface area contributed by atoms with Crippen LogP contribution < -0.4 is 0 Å². The normalized spacial score (nSPS) is 11.4. The molecule has 2 rings (SSSR count). The molecule has 0 unspecified atom stereocenters. The van der Waals surface area contributed by atoms with Gasteiger partial charge in [0.1, 0.15) is 11.5 Å². The topological polar surface area (TPSA) is 70.7 Å². The number of aliphatic hydroxyl groups is 1. The molecule has 4 heteroatoms. The average Bonchev–Trinajstić information content (AvgIpc) is 2.78. The summed E-state index contributed by atoms with van der Waals surface area (Å²) in [5.41, 5.74) is 0.891. The Balaban J connectivity index is 2.29. The minimum Gasteiger partial charge on any atom is -0.502 e.